The van der Waals surface area contributed by atoms with Crippen LogP contribution in [0.25, 0.3) is 0 Å². The summed E-state index contributed by atoms with van der Waals surface area (Å²) in [6, 6.07) is 0. The normalized spacial score (nSPS) is 56.6. The molecule has 4 nitrogen and oxygen atoms in total. The molecule has 6 rings (SSSR count). The smallest absolute Gasteiger partial charge is 0.151 e. The van der Waals surface area contributed by atoms with Crippen molar-refractivity contribution < 1.29 is 14.6 Å². The molecule has 2 bridgehead atoms. The molecule has 31 heavy (non-hydrogen) atoms. The number of Topliss-reactive ketones (excluding diaryl/α,β-unsaturated/α-hetero) is 1. The number of nitrogens with zero attached hydrogens (tertiary/aromatic N) is 1. The summed E-state index contributed by atoms with van der Waals surface area (Å²) in [5, 5.41) is 10.3. The van der Waals surface area contributed by atoms with Crippen LogP contribution in [-0.2, 0) is 9.53 Å². The second-order valence-corrected chi connectivity index (χ2v) is 12.8. The molecule has 6 aliphatic rings. The predicted molar refractivity (Wildman–Crippen MR) is 121 cm³/mol. The van der Waals surface area contributed by atoms with Crippen molar-refractivity contribution in [1.82, 2.24) is 0 Å². The lowest BCUT2D eigenvalue weighted by molar-refractivity contribution is -0.159. The van der Waals surface area contributed by atoms with E-state index in [0.29, 0.717) is 53.1 Å². The van der Waals surface area contributed by atoms with E-state index in [1.54, 1.807) is 0 Å². The summed E-state index contributed by atoms with van der Waals surface area (Å²) in [6.07, 6.45) is 9.77. The number of fused-ring (bicyclic) bond motifs is 7. The fraction of sp³-hybridized carbons (Fsp3) is 0.926. The number of carbonyl (C=O) groups excluding carboxylic acids is 1. The number of aliphatic hydroxyl groups is 1. The van der Waals surface area contributed by atoms with Crippen LogP contribution >= 0.6 is 0 Å². The second kappa shape index (κ2) is 6.88. The SMILES string of the molecule is CC1CC2OC1N=C2C(C)C1CCC2C3CC(=O)C4CC(O)CCC4(C)C3CCC12C. The number of ketones is 1. The summed E-state index contributed by atoms with van der Waals surface area (Å²) in [6.45, 7) is 9.65. The molecule has 4 aliphatic carbocycles. The topological polar surface area (TPSA) is 58.9 Å². The number of hydrogen-bond acceptors (Lipinski definition) is 4. The summed E-state index contributed by atoms with van der Waals surface area (Å²) in [5.74, 6) is 4.19. The van der Waals surface area contributed by atoms with Crippen molar-refractivity contribution in [1.29, 1.82) is 0 Å². The number of hydrogen-bond donors (Lipinski definition) is 1. The molecule has 4 saturated carbocycles. The number of carbonyl (C=O) groups is 1. The highest BCUT2D eigenvalue weighted by Gasteiger charge is 2.63. The highest BCUT2D eigenvalue weighted by Crippen LogP contribution is 2.68. The van der Waals surface area contributed by atoms with Gasteiger partial charge in [0, 0.05) is 29.9 Å². The Bertz CT molecular complexity index is 808. The Kier molecular flexibility index (Phi) is 4.63. The van der Waals surface area contributed by atoms with Gasteiger partial charge in [-0.3, -0.25) is 9.79 Å². The molecule has 1 saturated heterocycles. The van der Waals surface area contributed by atoms with Crippen LogP contribution in [0.2, 0.25) is 0 Å². The highest BCUT2D eigenvalue weighted by atomic mass is 16.5. The Hall–Kier alpha value is -0.740. The first-order valence-electron chi connectivity index (χ1n) is 13.2. The minimum absolute atomic E-state index is 0.0977. The van der Waals surface area contributed by atoms with Gasteiger partial charge in [-0.25, -0.2) is 0 Å². The average molecular weight is 428 g/mol. The molecule has 0 amide bonds. The Balaban J connectivity index is 1.26. The van der Waals surface area contributed by atoms with Crippen molar-refractivity contribution in [3.05, 3.63) is 0 Å². The van der Waals surface area contributed by atoms with Crippen LogP contribution < -0.4 is 0 Å². The first kappa shape index (κ1) is 20.8. The van der Waals surface area contributed by atoms with Crippen LogP contribution in [0.3, 0.4) is 0 Å². The fourth-order valence-electron chi connectivity index (χ4n) is 9.89. The maximum absolute atomic E-state index is 13.3. The number of aliphatic imine (C=N–C) groups is 1. The maximum Gasteiger partial charge on any atom is 0.151 e. The molecule has 0 radical (unpaired) electrons. The lowest BCUT2D eigenvalue weighted by Crippen LogP contribution is -2.57. The minimum atomic E-state index is -0.267. The van der Waals surface area contributed by atoms with Crippen LogP contribution in [0.15, 0.2) is 4.99 Å². The predicted octanol–water partition coefficient (Wildman–Crippen LogP) is 5.03. The second-order valence-electron chi connectivity index (χ2n) is 12.8. The monoisotopic (exact) mass is 427 g/mol. The summed E-state index contributed by atoms with van der Waals surface area (Å²) >= 11 is 0. The van der Waals surface area contributed by atoms with Crippen molar-refractivity contribution in [2.24, 2.45) is 57.2 Å². The number of ether oxygens (including phenoxy) is 1. The summed E-state index contributed by atoms with van der Waals surface area (Å²) < 4.78 is 6.16. The molecule has 12 unspecified atom stereocenters. The Morgan fingerprint density at radius 3 is 2.52 bits per heavy atom. The van der Waals surface area contributed by atoms with Gasteiger partial charge < -0.3 is 9.84 Å². The number of rotatable bonds is 2. The van der Waals surface area contributed by atoms with E-state index in [1.807, 2.05) is 0 Å². The van der Waals surface area contributed by atoms with Crippen molar-refractivity contribution in [3.8, 4) is 0 Å². The molecule has 2 aliphatic heterocycles. The van der Waals surface area contributed by atoms with Gasteiger partial charge in [0.15, 0.2) is 6.23 Å². The minimum Gasteiger partial charge on any atom is -0.393 e. The molecule has 172 valence electrons. The quantitative estimate of drug-likeness (QED) is 0.673. The molecule has 5 fully saturated rings. The molecule has 0 aromatic rings. The summed E-state index contributed by atoms with van der Waals surface area (Å²) in [7, 11) is 0. The Labute approximate surface area is 187 Å². The van der Waals surface area contributed by atoms with Crippen LogP contribution in [0, 0.1) is 52.3 Å². The van der Waals surface area contributed by atoms with Crippen LogP contribution in [0.5, 0.6) is 0 Å². The Morgan fingerprint density at radius 2 is 1.81 bits per heavy atom. The zero-order valence-electron chi connectivity index (χ0n) is 19.8. The highest BCUT2D eigenvalue weighted by molar-refractivity contribution is 5.93. The van der Waals surface area contributed by atoms with Crippen LogP contribution in [-0.4, -0.2) is 35.0 Å². The van der Waals surface area contributed by atoms with E-state index in [2.05, 4.69) is 27.7 Å². The molecular weight excluding hydrogens is 386 g/mol. The van der Waals surface area contributed by atoms with Crippen molar-refractivity contribution in [3.63, 3.8) is 0 Å². The molecule has 0 aromatic carbocycles. The average Bonchev–Trinajstić information content (AvgIpc) is 3.40. The molecular formula is C27H41NO3. The van der Waals surface area contributed by atoms with Gasteiger partial charge in [0.2, 0.25) is 0 Å². The molecule has 12 atom stereocenters. The van der Waals surface area contributed by atoms with Gasteiger partial charge in [-0.15, -0.1) is 0 Å². The van der Waals surface area contributed by atoms with E-state index >= 15 is 0 Å². The van der Waals surface area contributed by atoms with Gasteiger partial charge in [0.25, 0.3) is 0 Å². The first-order chi connectivity index (χ1) is 14.7. The van der Waals surface area contributed by atoms with Gasteiger partial charge >= 0.3 is 0 Å². The van der Waals surface area contributed by atoms with Crippen molar-refractivity contribution >= 4 is 11.5 Å². The summed E-state index contributed by atoms with van der Waals surface area (Å²) in [4.78, 5) is 18.4. The van der Waals surface area contributed by atoms with E-state index in [9.17, 15) is 9.90 Å². The van der Waals surface area contributed by atoms with Crippen molar-refractivity contribution in [2.75, 3.05) is 0 Å². The third kappa shape index (κ3) is 2.79. The van der Waals surface area contributed by atoms with Gasteiger partial charge in [-0.1, -0.05) is 27.7 Å². The van der Waals surface area contributed by atoms with E-state index in [0.717, 1.165) is 25.7 Å². The van der Waals surface area contributed by atoms with E-state index < -0.39 is 0 Å². The maximum atomic E-state index is 13.3. The first-order valence-corrected chi connectivity index (χ1v) is 13.2. The molecule has 4 heteroatoms. The largest absolute Gasteiger partial charge is 0.393 e. The van der Waals surface area contributed by atoms with Gasteiger partial charge in [-0.05, 0) is 85.9 Å². The third-order valence-corrected chi connectivity index (χ3v) is 11.6. The fourth-order valence-corrected chi connectivity index (χ4v) is 9.89. The molecule has 0 spiro atoms. The van der Waals surface area contributed by atoms with Crippen LogP contribution in [0.4, 0.5) is 0 Å². The third-order valence-electron chi connectivity index (χ3n) is 11.6. The lowest BCUT2D eigenvalue weighted by Gasteiger charge is -2.60. The summed E-state index contributed by atoms with van der Waals surface area (Å²) in [5.41, 5.74) is 1.79. The van der Waals surface area contributed by atoms with Crippen molar-refractivity contribution in [2.45, 2.75) is 104 Å². The van der Waals surface area contributed by atoms with Gasteiger partial charge in [0.1, 0.15) is 5.78 Å². The molecule has 0 aromatic heterocycles. The van der Waals surface area contributed by atoms with Gasteiger partial charge in [0.05, 0.1) is 12.2 Å². The van der Waals surface area contributed by atoms with Gasteiger partial charge in [-0.2, -0.15) is 0 Å². The molecule has 2 heterocycles. The zero-order valence-corrected chi connectivity index (χ0v) is 19.8. The van der Waals surface area contributed by atoms with E-state index in [4.69, 9.17) is 9.73 Å². The Morgan fingerprint density at radius 1 is 1.06 bits per heavy atom. The lowest BCUT2D eigenvalue weighted by atomic mass is 9.44. The number of aliphatic hydroxyl groups excluding tert-OH is 1. The standard InChI is InChI=1S/C27H41NO3/c1-14-11-23-24(28-25(14)31-23)15(2)18-5-6-19-17-13-22(30)21-12-16(29)7-9-27(21,4)20(17)8-10-26(18,19)3/h14-21,23,25,29H,5-13H2,1-4H3. The van der Waals surface area contributed by atoms with E-state index in [-0.39, 0.29) is 29.8 Å². The zero-order chi connectivity index (χ0) is 21.7. The molecule has 1 N–H and O–H groups in total. The van der Waals surface area contributed by atoms with Crippen LogP contribution in [0.1, 0.15) is 85.5 Å². The van der Waals surface area contributed by atoms with E-state index in [1.165, 1.54) is 31.4 Å².